The number of halogens is 3. The van der Waals surface area contributed by atoms with E-state index in [2.05, 4.69) is 20.7 Å². The molecular formula is C17H24ClFIN5. The van der Waals surface area contributed by atoms with E-state index >= 15 is 0 Å². The summed E-state index contributed by atoms with van der Waals surface area (Å²) in [5.41, 5.74) is 4.14. The Kier molecular flexibility index (Phi) is 8.64. The monoisotopic (exact) mass is 479 g/mol. The molecule has 0 aliphatic rings. The van der Waals surface area contributed by atoms with E-state index in [0.717, 1.165) is 29.1 Å². The molecule has 0 atom stereocenters. The highest BCUT2D eigenvalue weighted by Crippen LogP contribution is 2.16. The maximum atomic E-state index is 13.2. The van der Waals surface area contributed by atoms with Crippen molar-refractivity contribution in [2.24, 2.45) is 12.0 Å². The van der Waals surface area contributed by atoms with Gasteiger partial charge >= 0.3 is 0 Å². The Morgan fingerprint density at radius 1 is 1.32 bits per heavy atom. The maximum absolute atomic E-state index is 13.2. The molecule has 5 nitrogen and oxygen atoms in total. The Labute approximate surface area is 170 Å². The number of guanidine groups is 1. The molecule has 8 heteroatoms. The highest BCUT2D eigenvalue weighted by Gasteiger charge is 2.09. The van der Waals surface area contributed by atoms with Crippen LogP contribution in [0.15, 0.2) is 23.2 Å². The second-order valence-electron chi connectivity index (χ2n) is 5.57. The van der Waals surface area contributed by atoms with Crippen molar-refractivity contribution in [1.29, 1.82) is 0 Å². The van der Waals surface area contributed by atoms with Crippen molar-refractivity contribution in [1.82, 2.24) is 20.4 Å². The first-order chi connectivity index (χ1) is 11.4. The summed E-state index contributed by atoms with van der Waals surface area (Å²) in [6.07, 6.45) is 0. The first kappa shape index (κ1) is 21.7. The molecule has 0 amide bonds. The van der Waals surface area contributed by atoms with Gasteiger partial charge in [-0.2, -0.15) is 5.10 Å². The average molecular weight is 480 g/mol. The fourth-order valence-electron chi connectivity index (χ4n) is 2.40. The van der Waals surface area contributed by atoms with Crippen molar-refractivity contribution in [3.8, 4) is 0 Å². The van der Waals surface area contributed by atoms with Gasteiger partial charge in [-0.25, -0.2) is 9.38 Å². The molecule has 1 heterocycles. The fraction of sp³-hybridized carbons (Fsp3) is 0.412. The lowest BCUT2D eigenvalue weighted by molar-refractivity contribution is 0.627. The van der Waals surface area contributed by atoms with E-state index in [9.17, 15) is 4.39 Å². The lowest BCUT2D eigenvalue weighted by Crippen LogP contribution is -2.37. The summed E-state index contributed by atoms with van der Waals surface area (Å²) < 4.78 is 15.1. The van der Waals surface area contributed by atoms with Crippen LogP contribution < -0.4 is 10.6 Å². The summed E-state index contributed by atoms with van der Waals surface area (Å²) in [6.45, 7) is 7.85. The first-order valence-electron chi connectivity index (χ1n) is 7.87. The van der Waals surface area contributed by atoms with E-state index in [1.165, 1.54) is 6.07 Å². The molecule has 25 heavy (non-hydrogen) atoms. The Morgan fingerprint density at radius 2 is 2.04 bits per heavy atom. The van der Waals surface area contributed by atoms with Crippen molar-refractivity contribution >= 4 is 41.5 Å². The van der Waals surface area contributed by atoms with E-state index < -0.39 is 5.82 Å². The summed E-state index contributed by atoms with van der Waals surface area (Å²) in [5, 5.41) is 11.0. The second kappa shape index (κ2) is 9.96. The van der Waals surface area contributed by atoms with Crippen LogP contribution in [0.3, 0.4) is 0 Å². The molecule has 0 fully saturated rings. The number of hydrogen-bond acceptors (Lipinski definition) is 2. The lowest BCUT2D eigenvalue weighted by Gasteiger charge is -2.12. The lowest BCUT2D eigenvalue weighted by atomic mass is 10.2. The van der Waals surface area contributed by atoms with Gasteiger partial charge in [0.2, 0.25) is 0 Å². The van der Waals surface area contributed by atoms with E-state index in [1.54, 1.807) is 12.1 Å². The molecule has 0 saturated carbocycles. The van der Waals surface area contributed by atoms with Crippen molar-refractivity contribution in [2.45, 2.75) is 33.9 Å². The van der Waals surface area contributed by atoms with Gasteiger partial charge in [0.15, 0.2) is 5.96 Å². The molecule has 0 aliphatic carbocycles. The van der Waals surface area contributed by atoms with Crippen molar-refractivity contribution < 1.29 is 4.39 Å². The highest BCUT2D eigenvalue weighted by atomic mass is 127. The van der Waals surface area contributed by atoms with E-state index in [1.807, 2.05) is 32.5 Å². The zero-order valence-corrected chi connectivity index (χ0v) is 17.9. The number of rotatable bonds is 5. The minimum absolute atomic E-state index is 0. The predicted octanol–water partition coefficient (Wildman–Crippen LogP) is 3.70. The van der Waals surface area contributed by atoms with E-state index in [4.69, 9.17) is 11.6 Å². The minimum Gasteiger partial charge on any atom is -0.357 e. The standard InChI is InChI=1S/C17H23ClFN5.HI/c1-5-20-17(21-9-13-6-7-16(19)15(18)8-13)22-10-14-11(2)23-24(4)12(14)3;/h6-8H,5,9-10H2,1-4H3,(H2,20,21,22);1H. The quantitative estimate of drug-likeness (QED) is 0.391. The highest BCUT2D eigenvalue weighted by molar-refractivity contribution is 14.0. The number of aromatic nitrogens is 2. The molecular weight excluding hydrogens is 456 g/mol. The zero-order valence-electron chi connectivity index (χ0n) is 14.9. The Bertz CT molecular complexity index is 745. The van der Waals surface area contributed by atoms with Crippen LogP contribution >= 0.6 is 35.6 Å². The number of benzene rings is 1. The van der Waals surface area contributed by atoms with E-state index in [0.29, 0.717) is 19.0 Å². The molecule has 0 bridgehead atoms. The summed E-state index contributed by atoms with van der Waals surface area (Å²) >= 11 is 5.80. The van der Waals surface area contributed by atoms with E-state index in [-0.39, 0.29) is 29.0 Å². The molecule has 0 aliphatic heterocycles. The van der Waals surface area contributed by atoms with Crippen LogP contribution in [0.2, 0.25) is 5.02 Å². The largest absolute Gasteiger partial charge is 0.357 e. The third kappa shape index (κ3) is 5.85. The topological polar surface area (TPSA) is 54.2 Å². The molecule has 0 saturated heterocycles. The smallest absolute Gasteiger partial charge is 0.191 e. The van der Waals surface area contributed by atoms with Gasteiger partial charge in [0.05, 0.1) is 17.3 Å². The molecule has 1 aromatic heterocycles. The van der Waals surface area contributed by atoms with Gasteiger partial charge in [-0.15, -0.1) is 24.0 Å². The van der Waals surface area contributed by atoms with Crippen LogP contribution in [0, 0.1) is 19.7 Å². The number of aryl methyl sites for hydroxylation is 2. The predicted molar refractivity (Wildman–Crippen MR) is 111 cm³/mol. The van der Waals surface area contributed by atoms with Gasteiger partial charge in [0.1, 0.15) is 5.82 Å². The number of hydrogen-bond donors (Lipinski definition) is 2. The third-order valence-corrected chi connectivity index (χ3v) is 4.13. The van der Waals surface area contributed by atoms with Crippen LogP contribution in [0.4, 0.5) is 4.39 Å². The SMILES string of the molecule is CCNC(=NCc1ccc(F)c(Cl)c1)NCc1c(C)nn(C)c1C.I. The number of nitrogens with zero attached hydrogens (tertiary/aromatic N) is 3. The fourth-order valence-corrected chi connectivity index (χ4v) is 2.60. The Balaban J connectivity index is 0.00000312. The van der Waals surface area contributed by atoms with Gasteiger partial charge in [0.25, 0.3) is 0 Å². The molecule has 2 N–H and O–H groups in total. The number of aliphatic imine (C=N–C) groups is 1. The van der Waals surface area contributed by atoms with Crippen LogP contribution in [-0.4, -0.2) is 22.3 Å². The van der Waals surface area contributed by atoms with Gasteiger partial charge in [-0.1, -0.05) is 17.7 Å². The molecule has 138 valence electrons. The van der Waals surface area contributed by atoms with Crippen LogP contribution in [0.25, 0.3) is 0 Å². The van der Waals surface area contributed by atoms with Gasteiger partial charge < -0.3 is 10.6 Å². The molecule has 2 aromatic rings. The molecule has 0 unspecified atom stereocenters. The van der Waals surface area contributed by atoms with Crippen molar-refractivity contribution in [2.75, 3.05) is 6.54 Å². The van der Waals surface area contributed by atoms with Crippen LogP contribution in [-0.2, 0) is 20.1 Å². The first-order valence-corrected chi connectivity index (χ1v) is 8.25. The normalized spacial score (nSPS) is 11.2. The third-order valence-electron chi connectivity index (χ3n) is 3.84. The van der Waals surface area contributed by atoms with Crippen molar-refractivity contribution in [3.63, 3.8) is 0 Å². The molecule has 0 spiro atoms. The Hall–Kier alpha value is -1.35. The summed E-state index contributed by atoms with van der Waals surface area (Å²) in [7, 11) is 1.93. The molecule has 1 aromatic carbocycles. The van der Waals surface area contributed by atoms with Gasteiger partial charge in [0, 0.05) is 31.4 Å². The molecule has 2 rings (SSSR count). The van der Waals surface area contributed by atoms with Crippen molar-refractivity contribution in [3.05, 3.63) is 51.6 Å². The summed E-state index contributed by atoms with van der Waals surface area (Å²) in [4.78, 5) is 4.52. The van der Waals surface area contributed by atoms with Gasteiger partial charge in [-0.3, -0.25) is 4.68 Å². The number of nitrogens with one attached hydrogen (secondary N) is 2. The maximum Gasteiger partial charge on any atom is 0.191 e. The molecule has 0 radical (unpaired) electrons. The van der Waals surface area contributed by atoms with Gasteiger partial charge in [-0.05, 0) is 38.5 Å². The summed E-state index contributed by atoms with van der Waals surface area (Å²) in [6, 6.07) is 4.64. The Morgan fingerprint density at radius 3 is 2.60 bits per heavy atom. The zero-order chi connectivity index (χ0) is 17.7. The minimum atomic E-state index is -0.419. The van der Waals surface area contributed by atoms with Crippen LogP contribution in [0.5, 0.6) is 0 Å². The average Bonchev–Trinajstić information content (AvgIpc) is 2.78. The van der Waals surface area contributed by atoms with Crippen LogP contribution in [0.1, 0.15) is 29.4 Å². The second-order valence-corrected chi connectivity index (χ2v) is 5.98. The summed E-state index contributed by atoms with van der Waals surface area (Å²) in [5.74, 6) is 0.276.